The summed E-state index contributed by atoms with van der Waals surface area (Å²) in [6.07, 6.45) is 1.16. The van der Waals surface area contributed by atoms with E-state index in [0.29, 0.717) is 0 Å². The van der Waals surface area contributed by atoms with Gasteiger partial charge in [0.25, 0.3) is 0 Å². The van der Waals surface area contributed by atoms with Gasteiger partial charge in [0.15, 0.2) is 5.71 Å². The van der Waals surface area contributed by atoms with E-state index in [1.165, 1.54) is 17.0 Å². The average molecular weight is 237 g/mol. The minimum atomic E-state index is 0.107. The molecule has 1 nitrogen and oxygen atoms in total. The Labute approximate surface area is 103 Å². The molecule has 16 heavy (non-hydrogen) atoms. The zero-order chi connectivity index (χ0) is 11.9. The number of benzene rings is 1. The van der Waals surface area contributed by atoms with Crippen molar-refractivity contribution < 1.29 is 4.58 Å². The summed E-state index contributed by atoms with van der Waals surface area (Å²) in [4.78, 5) is 0. The van der Waals surface area contributed by atoms with Crippen LogP contribution in [0.25, 0.3) is 0 Å². The summed E-state index contributed by atoms with van der Waals surface area (Å²) in [5, 5.41) is 0.831. The normalized spacial score (nSPS) is 17.8. The van der Waals surface area contributed by atoms with Crippen LogP contribution in [0.15, 0.2) is 18.2 Å². The van der Waals surface area contributed by atoms with Gasteiger partial charge in [-0.25, -0.2) is 0 Å². The van der Waals surface area contributed by atoms with Gasteiger partial charge in [-0.1, -0.05) is 18.5 Å². The second-order valence-electron chi connectivity index (χ2n) is 5.02. The van der Waals surface area contributed by atoms with E-state index in [9.17, 15) is 0 Å². The molecule has 1 aromatic rings. The Kier molecular flexibility index (Phi) is 2.83. The molecule has 0 aliphatic carbocycles. The van der Waals surface area contributed by atoms with Gasteiger partial charge in [0, 0.05) is 30.0 Å². The van der Waals surface area contributed by atoms with Crippen molar-refractivity contribution >= 4 is 23.0 Å². The van der Waals surface area contributed by atoms with Crippen molar-refractivity contribution in [3.05, 3.63) is 28.8 Å². The predicted molar refractivity (Wildman–Crippen MR) is 70.2 cm³/mol. The molecule has 0 saturated carbocycles. The quantitative estimate of drug-likeness (QED) is 0.679. The van der Waals surface area contributed by atoms with Crippen LogP contribution >= 0.6 is 11.6 Å². The SMILES string of the molecule is CCC[N+]1=C(C)C(C)(C)c2cc(Cl)ccc21. The smallest absolute Gasteiger partial charge is 0.199 e. The Hall–Kier alpha value is -0.820. The molecule has 1 heterocycles. The first-order valence-corrected chi connectivity index (χ1v) is 6.28. The minimum Gasteiger partial charge on any atom is -0.199 e. The highest BCUT2D eigenvalue weighted by Crippen LogP contribution is 2.40. The molecule has 1 aliphatic rings. The van der Waals surface area contributed by atoms with Crippen molar-refractivity contribution in [2.75, 3.05) is 6.54 Å². The summed E-state index contributed by atoms with van der Waals surface area (Å²) in [6, 6.07) is 6.24. The molecular formula is C14H19ClN+. The molecule has 2 heteroatoms. The van der Waals surface area contributed by atoms with E-state index < -0.39 is 0 Å². The van der Waals surface area contributed by atoms with Crippen LogP contribution in [0, 0.1) is 0 Å². The third-order valence-corrected chi connectivity index (χ3v) is 3.91. The van der Waals surface area contributed by atoms with Crippen molar-refractivity contribution in [2.45, 2.75) is 39.5 Å². The van der Waals surface area contributed by atoms with Gasteiger partial charge in [0.1, 0.15) is 6.54 Å². The fraction of sp³-hybridized carbons (Fsp3) is 0.500. The Balaban J connectivity index is 2.62. The molecule has 0 spiro atoms. The highest BCUT2D eigenvalue weighted by molar-refractivity contribution is 6.30. The topological polar surface area (TPSA) is 3.01 Å². The van der Waals surface area contributed by atoms with Crippen LogP contribution in [0.3, 0.4) is 0 Å². The third kappa shape index (κ3) is 1.58. The van der Waals surface area contributed by atoms with E-state index in [4.69, 9.17) is 11.6 Å². The van der Waals surface area contributed by atoms with E-state index in [0.717, 1.165) is 18.0 Å². The van der Waals surface area contributed by atoms with Gasteiger partial charge >= 0.3 is 0 Å². The van der Waals surface area contributed by atoms with E-state index >= 15 is 0 Å². The van der Waals surface area contributed by atoms with Crippen LogP contribution in [0.2, 0.25) is 5.02 Å². The Bertz CT molecular complexity index is 458. The van der Waals surface area contributed by atoms with Crippen molar-refractivity contribution in [3.63, 3.8) is 0 Å². The van der Waals surface area contributed by atoms with Gasteiger partial charge in [0.05, 0.1) is 5.41 Å². The molecule has 0 bridgehead atoms. The number of halogens is 1. The number of hydrogen-bond donors (Lipinski definition) is 0. The molecule has 0 saturated heterocycles. The highest BCUT2D eigenvalue weighted by Gasteiger charge is 2.42. The van der Waals surface area contributed by atoms with Gasteiger partial charge in [-0.15, -0.1) is 0 Å². The summed E-state index contributed by atoms with van der Waals surface area (Å²) in [5.41, 5.74) is 4.21. The molecular weight excluding hydrogens is 218 g/mol. The number of nitrogens with zero attached hydrogens (tertiary/aromatic N) is 1. The first-order chi connectivity index (χ1) is 7.48. The first kappa shape index (κ1) is 11.7. The predicted octanol–water partition coefficient (Wildman–Crippen LogP) is 4.15. The summed E-state index contributed by atoms with van der Waals surface area (Å²) < 4.78 is 2.42. The Morgan fingerprint density at radius 2 is 2.00 bits per heavy atom. The maximum absolute atomic E-state index is 6.10. The van der Waals surface area contributed by atoms with Gasteiger partial charge < -0.3 is 0 Å². The molecule has 0 N–H and O–H groups in total. The fourth-order valence-corrected chi connectivity index (χ4v) is 2.64. The minimum absolute atomic E-state index is 0.107. The highest BCUT2D eigenvalue weighted by atomic mass is 35.5. The van der Waals surface area contributed by atoms with Gasteiger partial charge in [-0.2, -0.15) is 4.58 Å². The zero-order valence-electron chi connectivity index (χ0n) is 10.5. The molecule has 0 radical (unpaired) electrons. The van der Waals surface area contributed by atoms with Crippen LogP contribution in [0.4, 0.5) is 5.69 Å². The van der Waals surface area contributed by atoms with Crippen LogP contribution in [0.5, 0.6) is 0 Å². The third-order valence-electron chi connectivity index (χ3n) is 3.68. The molecule has 0 atom stereocenters. The largest absolute Gasteiger partial charge is 0.209 e. The Morgan fingerprint density at radius 1 is 1.31 bits per heavy atom. The Morgan fingerprint density at radius 3 is 2.62 bits per heavy atom. The van der Waals surface area contributed by atoms with Crippen molar-refractivity contribution in [1.29, 1.82) is 0 Å². The van der Waals surface area contributed by atoms with Gasteiger partial charge in [-0.05, 0) is 26.0 Å². The van der Waals surface area contributed by atoms with Crippen molar-refractivity contribution in [2.24, 2.45) is 0 Å². The molecule has 0 unspecified atom stereocenters. The van der Waals surface area contributed by atoms with Crippen molar-refractivity contribution in [3.8, 4) is 0 Å². The molecule has 0 aromatic heterocycles. The number of rotatable bonds is 2. The van der Waals surface area contributed by atoms with Crippen LogP contribution < -0.4 is 0 Å². The lowest BCUT2D eigenvalue weighted by molar-refractivity contribution is -0.438. The summed E-state index contributed by atoms with van der Waals surface area (Å²) in [6.45, 7) is 10.1. The second-order valence-corrected chi connectivity index (χ2v) is 5.46. The summed E-state index contributed by atoms with van der Waals surface area (Å²) in [7, 11) is 0. The summed E-state index contributed by atoms with van der Waals surface area (Å²) in [5.74, 6) is 0. The van der Waals surface area contributed by atoms with Crippen molar-refractivity contribution in [1.82, 2.24) is 0 Å². The van der Waals surface area contributed by atoms with Crippen LogP contribution in [-0.2, 0) is 5.41 Å². The molecule has 1 aliphatic heterocycles. The van der Waals surface area contributed by atoms with Crippen LogP contribution in [-0.4, -0.2) is 16.8 Å². The van der Waals surface area contributed by atoms with E-state index in [1.54, 1.807) is 0 Å². The van der Waals surface area contributed by atoms with Gasteiger partial charge in [0.2, 0.25) is 5.69 Å². The van der Waals surface area contributed by atoms with E-state index in [-0.39, 0.29) is 5.41 Å². The zero-order valence-corrected chi connectivity index (χ0v) is 11.2. The first-order valence-electron chi connectivity index (χ1n) is 5.90. The standard InChI is InChI=1S/C14H19ClN/c1-5-8-16-10(2)14(3,4)12-9-11(15)6-7-13(12)16/h6-7,9H,5,8H2,1-4H3/q+1. The second kappa shape index (κ2) is 3.89. The van der Waals surface area contributed by atoms with E-state index in [2.05, 4.69) is 44.4 Å². The summed E-state index contributed by atoms with van der Waals surface area (Å²) >= 11 is 6.10. The monoisotopic (exact) mass is 236 g/mol. The lowest BCUT2D eigenvalue weighted by Gasteiger charge is -2.14. The molecule has 0 fully saturated rings. The fourth-order valence-electron chi connectivity index (χ4n) is 2.47. The van der Waals surface area contributed by atoms with Gasteiger partial charge in [-0.3, -0.25) is 0 Å². The van der Waals surface area contributed by atoms with E-state index in [1.807, 2.05) is 6.07 Å². The average Bonchev–Trinajstić information content (AvgIpc) is 2.41. The number of fused-ring (bicyclic) bond motifs is 1. The molecule has 0 amide bonds. The molecule has 1 aromatic carbocycles. The maximum Gasteiger partial charge on any atom is 0.209 e. The molecule has 2 rings (SSSR count). The lowest BCUT2D eigenvalue weighted by Crippen LogP contribution is -2.26. The molecule has 86 valence electrons. The maximum atomic E-state index is 6.10. The number of hydrogen-bond acceptors (Lipinski definition) is 0. The lowest BCUT2D eigenvalue weighted by atomic mass is 9.82. The van der Waals surface area contributed by atoms with Crippen LogP contribution in [0.1, 0.15) is 39.7 Å².